The Kier molecular flexibility index (Phi) is 6.80. The van der Waals surface area contributed by atoms with Crippen molar-refractivity contribution < 1.29 is 14.9 Å². The van der Waals surface area contributed by atoms with Gasteiger partial charge in [0.05, 0.1) is 4.88 Å². The second-order valence-corrected chi connectivity index (χ2v) is 8.14. The molecule has 4 N–H and O–H groups in total. The van der Waals surface area contributed by atoms with Gasteiger partial charge in [0, 0.05) is 11.3 Å². The molecule has 1 aromatic heterocycles. The summed E-state index contributed by atoms with van der Waals surface area (Å²) in [5.74, 6) is -0.332. The predicted molar refractivity (Wildman–Crippen MR) is 117 cm³/mol. The number of nitrogens with one attached hydrogen (secondary N) is 2. The number of thiophene rings is 1. The number of quaternary nitrogens is 1. The lowest BCUT2D eigenvalue weighted by Gasteiger charge is -2.15. The van der Waals surface area contributed by atoms with Gasteiger partial charge in [-0.3, -0.25) is 10.1 Å². The molecule has 3 amide bonds. The minimum Gasteiger partial charge on any atom is -0.328 e. The third kappa shape index (κ3) is 5.76. The average Bonchev–Trinajstić information content (AvgIpc) is 3.20. The molecule has 0 unspecified atom stereocenters. The van der Waals surface area contributed by atoms with Crippen molar-refractivity contribution in [1.82, 2.24) is 5.32 Å². The van der Waals surface area contributed by atoms with Gasteiger partial charge in [-0.25, -0.2) is 4.79 Å². The Labute approximate surface area is 175 Å². The number of aryl methyl sites for hydroxylation is 3. The van der Waals surface area contributed by atoms with Crippen LogP contribution in [0.3, 0.4) is 0 Å². The maximum atomic E-state index is 12.3. The number of carbonyl (C=O) groups excluding carboxylic acids is 2. The molecule has 1 heterocycles. The van der Waals surface area contributed by atoms with E-state index in [0.29, 0.717) is 5.69 Å². The van der Waals surface area contributed by atoms with Crippen LogP contribution < -0.4 is 16.0 Å². The number of hydrogen-bond acceptors (Lipinski definition) is 3. The molecule has 2 aromatic carbocycles. The molecule has 0 aliphatic heterocycles. The largest absolute Gasteiger partial charge is 0.328 e. The zero-order chi connectivity index (χ0) is 20.8. The standard InChI is InChI=1S/C23H25N3O2S/c1-15-6-9-18(10-7-15)22(20-5-4-12-29-20)24-14-21(27)26-23(28)25-19-11-8-16(2)13-17(19)3/h4-13,22,24H,14H2,1-3H3,(H2,25,26,27,28)/p+1/t22-/m1/s1. The Balaban J connectivity index is 1.60. The van der Waals surface area contributed by atoms with Crippen LogP contribution in [-0.2, 0) is 4.79 Å². The van der Waals surface area contributed by atoms with Crippen molar-refractivity contribution >= 4 is 29.0 Å². The second kappa shape index (κ2) is 9.49. The van der Waals surface area contributed by atoms with Gasteiger partial charge >= 0.3 is 6.03 Å². The van der Waals surface area contributed by atoms with Crippen molar-refractivity contribution in [2.75, 3.05) is 11.9 Å². The van der Waals surface area contributed by atoms with Gasteiger partial charge in [-0.05, 0) is 43.8 Å². The summed E-state index contributed by atoms with van der Waals surface area (Å²) in [5.41, 5.74) is 5.09. The third-order valence-corrected chi connectivity index (χ3v) is 5.66. The summed E-state index contributed by atoms with van der Waals surface area (Å²) in [6.45, 7) is 6.12. The first-order valence-electron chi connectivity index (χ1n) is 9.54. The molecular formula is C23H26N3O2S+. The van der Waals surface area contributed by atoms with Crippen molar-refractivity contribution in [2.45, 2.75) is 26.8 Å². The highest BCUT2D eigenvalue weighted by atomic mass is 32.1. The van der Waals surface area contributed by atoms with E-state index in [2.05, 4.69) is 47.9 Å². The van der Waals surface area contributed by atoms with Crippen molar-refractivity contribution in [2.24, 2.45) is 0 Å². The van der Waals surface area contributed by atoms with Crippen molar-refractivity contribution in [3.8, 4) is 0 Å². The van der Waals surface area contributed by atoms with Crippen molar-refractivity contribution in [3.05, 3.63) is 87.1 Å². The van der Waals surface area contributed by atoms with Gasteiger partial charge in [0.2, 0.25) is 0 Å². The zero-order valence-electron chi connectivity index (χ0n) is 16.9. The molecule has 3 rings (SSSR count). The monoisotopic (exact) mass is 408 g/mol. The number of urea groups is 1. The second-order valence-electron chi connectivity index (χ2n) is 7.16. The molecule has 150 valence electrons. The fourth-order valence-electron chi connectivity index (χ4n) is 3.17. The minimum absolute atomic E-state index is 0.0174. The topological polar surface area (TPSA) is 74.8 Å². The molecule has 0 saturated heterocycles. The summed E-state index contributed by atoms with van der Waals surface area (Å²) in [7, 11) is 0. The average molecular weight is 409 g/mol. The summed E-state index contributed by atoms with van der Waals surface area (Å²) in [5, 5.41) is 9.14. The van der Waals surface area contributed by atoms with Crippen LogP contribution in [0.5, 0.6) is 0 Å². The lowest BCUT2D eigenvalue weighted by atomic mass is 10.0. The highest BCUT2D eigenvalue weighted by molar-refractivity contribution is 7.10. The van der Waals surface area contributed by atoms with E-state index >= 15 is 0 Å². The van der Waals surface area contributed by atoms with E-state index in [1.807, 2.05) is 48.8 Å². The summed E-state index contributed by atoms with van der Waals surface area (Å²) in [4.78, 5) is 25.7. The van der Waals surface area contributed by atoms with E-state index in [0.717, 1.165) is 16.7 Å². The van der Waals surface area contributed by atoms with Gasteiger partial charge in [-0.15, -0.1) is 11.3 Å². The fraction of sp³-hybridized carbons (Fsp3) is 0.217. The number of nitrogens with two attached hydrogens (primary N) is 1. The molecule has 5 nitrogen and oxygen atoms in total. The number of imide groups is 1. The molecular weight excluding hydrogens is 382 g/mol. The van der Waals surface area contributed by atoms with Crippen molar-refractivity contribution in [3.63, 3.8) is 0 Å². The number of hydrogen-bond donors (Lipinski definition) is 3. The third-order valence-electron chi connectivity index (χ3n) is 4.71. The van der Waals surface area contributed by atoms with Crippen LogP contribution in [0.2, 0.25) is 0 Å². The maximum Gasteiger partial charge on any atom is 0.326 e. The first kappa shape index (κ1) is 20.8. The SMILES string of the molecule is Cc1ccc([C@@H]([NH2+]CC(=O)NC(=O)Nc2ccc(C)cc2C)c2cccs2)cc1. The molecule has 6 heteroatoms. The zero-order valence-corrected chi connectivity index (χ0v) is 17.7. The molecule has 0 aliphatic carbocycles. The molecule has 0 bridgehead atoms. The number of rotatable bonds is 6. The van der Waals surface area contributed by atoms with E-state index in [1.165, 1.54) is 10.4 Å². The molecule has 1 atom stereocenters. The van der Waals surface area contributed by atoms with Gasteiger partial charge in [0.1, 0.15) is 6.04 Å². The molecule has 0 spiro atoms. The Morgan fingerprint density at radius 1 is 1.00 bits per heavy atom. The Morgan fingerprint density at radius 2 is 1.72 bits per heavy atom. The van der Waals surface area contributed by atoms with Crippen molar-refractivity contribution in [1.29, 1.82) is 0 Å². The van der Waals surface area contributed by atoms with Gasteiger partial charge in [0.25, 0.3) is 5.91 Å². The van der Waals surface area contributed by atoms with E-state index in [1.54, 1.807) is 11.3 Å². The van der Waals surface area contributed by atoms with Crippen LogP contribution in [0, 0.1) is 20.8 Å². The van der Waals surface area contributed by atoms with Crippen LogP contribution in [-0.4, -0.2) is 18.5 Å². The number of amides is 3. The molecule has 0 radical (unpaired) electrons. The molecule has 0 saturated carbocycles. The van der Waals surface area contributed by atoms with E-state index in [4.69, 9.17) is 0 Å². The summed E-state index contributed by atoms with van der Waals surface area (Å²) in [6.07, 6.45) is 0. The van der Waals surface area contributed by atoms with E-state index < -0.39 is 6.03 Å². The normalized spacial score (nSPS) is 11.7. The maximum absolute atomic E-state index is 12.3. The first-order chi connectivity index (χ1) is 13.9. The first-order valence-corrected chi connectivity index (χ1v) is 10.4. The number of benzene rings is 2. The summed E-state index contributed by atoms with van der Waals surface area (Å²) < 4.78 is 0. The highest BCUT2D eigenvalue weighted by Gasteiger charge is 2.20. The Bertz CT molecular complexity index is 982. The highest BCUT2D eigenvalue weighted by Crippen LogP contribution is 2.23. The van der Waals surface area contributed by atoms with Gasteiger partial charge < -0.3 is 10.6 Å². The molecule has 0 aliphatic rings. The van der Waals surface area contributed by atoms with E-state index in [9.17, 15) is 9.59 Å². The Morgan fingerprint density at radius 3 is 2.38 bits per heavy atom. The minimum atomic E-state index is -0.515. The van der Waals surface area contributed by atoms with Crippen LogP contribution in [0.25, 0.3) is 0 Å². The molecule has 29 heavy (non-hydrogen) atoms. The van der Waals surface area contributed by atoms with Crippen LogP contribution in [0.1, 0.15) is 33.2 Å². The molecule has 3 aromatic rings. The fourth-order valence-corrected chi connectivity index (χ4v) is 4.02. The smallest absolute Gasteiger partial charge is 0.326 e. The lowest BCUT2D eigenvalue weighted by molar-refractivity contribution is -0.676. The van der Waals surface area contributed by atoms with Crippen LogP contribution in [0.15, 0.2) is 60.0 Å². The Hall–Kier alpha value is -2.96. The summed E-state index contributed by atoms with van der Waals surface area (Å²) >= 11 is 1.66. The number of carbonyl (C=O) groups is 2. The quantitative estimate of drug-likeness (QED) is 0.582. The number of anilines is 1. The van der Waals surface area contributed by atoms with E-state index in [-0.39, 0.29) is 18.5 Å². The molecule has 0 fully saturated rings. The van der Waals surface area contributed by atoms with Crippen LogP contribution in [0.4, 0.5) is 10.5 Å². The van der Waals surface area contributed by atoms with Crippen LogP contribution >= 0.6 is 11.3 Å². The van der Waals surface area contributed by atoms with Gasteiger partial charge in [-0.1, -0.05) is 53.6 Å². The summed E-state index contributed by atoms with van der Waals surface area (Å²) in [6, 6.07) is 17.6. The van der Waals surface area contributed by atoms with Gasteiger partial charge in [-0.2, -0.15) is 0 Å². The van der Waals surface area contributed by atoms with Gasteiger partial charge in [0.15, 0.2) is 6.54 Å². The lowest BCUT2D eigenvalue weighted by Crippen LogP contribution is -2.87. The predicted octanol–water partition coefficient (Wildman–Crippen LogP) is 3.67.